The van der Waals surface area contributed by atoms with Gasteiger partial charge in [-0.25, -0.2) is 9.78 Å². The number of aliphatic hydroxyl groups is 1. The van der Waals surface area contributed by atoms with Crippen molar-refractivity contribution in [1.82, 2.24) is 19.5 Å². The number of H-pyrrole nitrogens is 1. The zero-order chi connectivity index (χ0) is 12.7. The normalized spacial score (nSPS) is 23.8. The third-order valence-electron chi connectivity index (χ3n) is 3.07. The van der Waals surface area contributed by atoms with Crippen LogP contribution in [0.15, 0.2) is 11.1 Å². The Balaban J connectivity index is 2.05. The Labute approximate surface area is 101 Å². The van der Waals surface area contributed by atoms with Crippen LogP contribution in [0.25, 0.3) is 11.2 Å². The van der Waals surface area contributed by atoms with Crippen molar-refractivity contribution in [3.8, 4) is 0 Å². The maximum Gasteiger partial charge on any atom is 0.348 e. The molecule has 8 heteroatoms. The molecule has 1 saturated heterocycles. The van der Waals surface area contributed by atoms with Gasteiger partial charge in [0.2, 0.25) is 0 Å². The fraction of sp³-hybridized carbons (Fsp3) is 0.500. The number of nitrogens with two attached hydrogens (primary N) is 1. The van der Waals surface area contributed by atoms with Crippen LogP contribution in [-0.4, -0.2) is 37.3 Å². The van der Waals surface area contributed by atoms with E-state index < -0.39 is 5.69 Å². The number of nitrogens with zero attached hydrogens (tertiary/aromatic N) is 3. The number of nitrogen functional groups attached to an aromatic ring is 1. The smallest absolute Gasteiger partial charge is 0.348 e. The summed E-state index contributed by atoms with van der Waals surface area (Å²) in [4.78, 5) is 21.7. The average Bonchev–Trinajstić information content (AvgIpc) is 2.93. The molecule has 0 bridgehead atoms. The molecule has 3 heterocycles. The first-order valence-electron chi connectivity index (χ1n) is 5.67. The lowest BCUT2D eigenvalue weighted by Crippen LogP contribution is -2.17. The van der Waals surface area contributed by atoms with E-state index in [0.29, 0.717) is 11.2 Å². The second-order valence-electron chi connectivity index (χ2n) is 4.25. The summed E-state index contributed by atoms with van der Waals surface area (Å²) in [5.41, 5.74) is 6.01. The Morgan fingerprint density at radius 3 is 3.17 bits per heavy atom. The molecule has 0 spiro atoms. The number of hydrogen-bond acceptors (Lipinski definition) is 6. The highest BCUT2D eigenvalue weighted by molar-refractivity contribution is 5.81. The molecule has 2 aromatic heterocycles. The molecule has 0 aliphatic carbocycles. The van der Waals surface area contributed by atoms with Gasteiger partial charge in [-0.1, -0.05) is 0 Å². The Kier molecular flexibility index (Phi) is 2.53. The van der Waals surface area contributed by atoms with E-state index in [1.807, 2.05) is 0 Å². The molecular formula is C10H13N5O3. The van der Waals surface area contributed by atoms with Gasteiger partial charge in [-0.3, -0.25) is 9.55 Å². The Morgan fingerprint density at radius 1 is 1.61 bits per heavy atom. The molecule has 3 rings (SSSR count). The predicted molar refractivity (Wildman–Crippen MR) is 62.8 cm³/mol. The van der Waals surface area contributed by atoms with Crippen LogP contribution < -0.4 is 11.4 Å². The van der Waals surface area contributed by atoms with Gasteiger partial charge in [-0.2, -0.15) is 4.98 Å². The van der Waals surface area contributed by atoms with E-state index in [1.165, 1.54) is 0 Å². The number of ether oxygens (including phenoxy) is 1. The second kappa shape index (κ2) is 4.07. The monoisotopic (exact) mass is 251 g/mol. The minimum absolute atomic E-state index is 0.0146. The summed E-state index contributed by atoms with van der Waals surface area (Å²) in [5, 5.41) is 9.04. The highest BCUT2D eigenvalue weighted by Crippen LogP contribution is 2.30. The van der Waals surface area contributed by atoms with Crippen LogP contribution in [0.1, 0.15) is 19.1 Å². The van der Waals surface area contributed by atoms with Gasteiger partial charge >= 0.3 is 5.69 Å². The number of aromatic amines is 1. The molecule has 2 atom stereocenters. The summed E-state index contributed by atoms with van der Waals surface area (Å²) < 4.78 is 7.30. The van der Waals surface area contributed by atoms with Gasteiger partial charge in [-0.15, -0.1) is 0 Å². The summed E-state index contributed by atoms with van der Waals surface area (Å²) in [7, 11) is 0. The average molecular weight is 251 g/mol. The molecule has 1 fully saturated rings. The van der Waals surface area contributed by atoms with Crippen LogP contribution in [0.4, 0.5) is 5.82 Å². The zero-order valence-electron chi connectivity index (χ0n) is 9.54. The van der Waals surface area contributed by atoms with Gasteiger partial charge in [-0.05, 0) is 12.8 Å². The van der Waals surface area contributed by atoms with Crippen molar-refractivity contribution in [3.05, 3.63) is 16.8 Å². The number of fused-ring (bicyclic) bond motifs is 1. The van der Waals surface area contributed by atoms with E-state index in [1.54, 1.807) is 10.9 Å². The number of hydrogen-bond donors (Lipinski definition) is 3. The molecule has 8 nitrogen and oxygen atoms in total. The SMILES string of the molecule is Nc1[nH]c(=O)nc2c1ncn2[C@H]1CC[C@@H](CO)O1. The lowest BCUT2D eigenvalue weighted by Gasteiger charge is -2.13. The first kappa shape index (κ1) is 11.2. The van der Waals surface area contributed by atoms with Crippen molar-refractivity contribution in [1.29, 1.82) is 0 Å². The van der Waals surface area contributed by atoms with Crippen LogP contribution in [0.3, 0.4) is 0 Å². The quantitative estimate of drug-likeness (QED) is 0.654. The second-order valence-corrected chi connectivity index (χ2v) is 4.25. The molecule has 0 aromatic carbocycles. The van der Waals surface area contributed by atoms with Gasteiger partial charge in [0, 0.05) is 0 Å². The molecular weight excluding hydrogens is 238 g/mol. The van der Waals surface area contributed by atoms with E-state index in [-0.39, 0.29) is 24.8 Å². The van der Waals surface area contributed by atoms with Crippen molar-refractivity contribution < 1.29 is 9.84 Å². The van der Waals surface area contributed by atoms with Crippen LogP contribution in [0.5, 0.6) is 0 Å². The summed E-state index contributed by atoms with van der Waals surface area (Å²) in [5.74, 6) is 0.195. The molecule has 1 aliphatic rings. The Hall–Kier alpha value is -1.93. The van der Waals surface area contributed by atoms with Crippen LogP contribution >= 0.6 is 0 Å². The first-order valence-corrected chi connectivity index (χ1v) is 5.67. The summed E-state index contributed by atoms with van der Waals surface area (Å²) >= 11 is 0. The molecule has 0 amide bonds. The maximum absolute atomic E-state index is 11.3. The van der Waals surface area contributed by atoms with E-state index >= 15 is 0 Å². The minimum atomic E-state index is -0.515. The number of rotatable bonds is 2. The molecule has 96 valence electrons. The van der Waals surface area contributed by atoms with E-state index in [4.69, 9.17) is 15.6 Å². The van der Waals surface area contributed by atoms with Gasteiger partial charge in [0.05, 0.1) is 19.0 Å². The molecule has 4 N–H and O–H groups in total. The number of aromatic nitrogens is 4. The summed E-state index contributed by atoms with van der Waals surface area (Å²) in [6.07, 6.45) is 2.61. The van der Waals surface area contributed by atoms with E-state index in [2.05, 4.69) is 15.0 Å². The van der Waals surface area contributed by atoms with Crippen LogP contribution in [0.2, 0.25) is 0 Å². The van der Waals surface area contributed by atoms with Crippen molar-refractivity contribution in [2.24, 2.45) is 0 Å². The standard InChI is InChI=1S/C10H13N5O3/c11-8-7-9(14-10(17)13-8)15(4-12-7)6-2-1-5(3-16)18-6/h4-6,16H,1-3H2,(H3,11,13,14,17)/t5-,6+/m0/s1. The maximum atomic E-state index is 11.3. The van der Waals surface area contributed by atoms with Crippen molar-refractivity contribution in [2.45, 2.75) is 25.2 Å². The fourth-order valence-corrected chi connectivity index (χ4v) is 2.19. The van der Waals surface area contributed by atoms with Crippen LogP contribution in [0, 0.1) is 0 Å². The number of anilines is 1. The number of imidazole rings is 1. The lowest BCUT2D eigenvalue weighted by molar-refractivity contribution is -0.0207. The largest absolute Gasteiger partial charge is 0.394 e. The molecule has 0 unspecified atom stereocenters. The van der Waals surface area contributed by atoms with Gasteiger partial charge < -0.3 is 15.6 Å². The lowest BCUT2D eigenvalue weighted by atomic mass is 10.2. The fourth-order valence-electron chi connectivity index (χ4n) is 2.19. The zero-order valence-corrected chi connectivity index (χ0v) is 9.54. The summed E-state index contributed by atoms with van der Waals surface area (Å²) in [6, 6.07) is 0. The molecule has 1 aliphatic heterocycles. The van der Waals surface area contributed by atoms with Gasteiger partial charge in [0.25, 0.3) is 0 Å². The predicted octanol–water partition coefficient (Wildman–Crippen LogP) is -0.628. The van der Waals surface area contributed by atoms with Gasteiger partial charge in [0.1, 0.15) is 17.6 Å². The van der Waals surface area contributed by atoms with Crippen molar-refractivity contribution in [3.63, 3.8) is 0 Å². The first-order chi connectivity index (χ1) is 8.69. The van der Waals surface area contributed by atoms with Crippen LogP contribution in [-0.2, 0) is 4.74 Å². The third-order valence-corrected chi connectivity index (χ3v) is 3.07. The molecule has 18 heavy (non-hydrogen) atoms. The topological polar surface area (TPSA) is 119 Å². The summed E-state index contributed by atoms with van der Waals surface area (Å²) in [6.45, 7) is -0.0146. The van der Waals surface area contributed by atoms with Crippen molar-refractivity contribution >= 4 is 17.0 Å². The minimum Gasteiger partial charge on any atom is -0.394 e. The third kappa shape index (κ3) is 1.66. The highest BCUT2D eigenvalue weighted by Gasteiger charge is 2.27. The Morgan fingerprint density at radius 2 is 2.44 bits per heavy atom. The highest BCUT2D eigenvalue weighted by atomic mass is 16.5. The van der Waals surface area contributed by atoms with E-state index in [9.17, 15) is 4.79 Å². The molecule has 0 radical (unpaired) electrons. The molecule has 2 aromatic rings. The van der Waals surface area contributed by atoms with E-state index in [0.717, 1.165) is 12.8 Å². The number of aliphatic hydroxyl groups excluding tert-OH is 1. The van der Waals surface area contributed by atoms with Crippen molar-refractivity contribution in [2.75, 3.05) is 12.3 Å². The van der Waals surface area contributed by atoms with Gasteiger partial charge in [0.15, 0.2) is 5.65 Å². The Bertz CT molecular complexity index is 634. The molecule has 0 saturated carbocycles. The number of nitrogens with one attached hydrogen (secondary N) is 1.